The van der Waals surface area contributed by atoms with Crippen LogP contribution in [-0.2, 0) is 5.41 Å². The van der Waals surface area contributed by atoms with E-state index in [0.717, 1.165) is 16.8 Å². The van der Waals surface area contributed by atoms with Gasteiger partial charge < -0.3 is 10.1 Å². The first-order valence-corrected chi connectivity index (χ1v) is 8.37. The fourth-order valence-corrected chi connectivity index (χ4v) is 4.42. The number of hydrogen-bond donors (Lipinski definition) is 1. The normalized spacial score (nSPS) is 17.6. The van der Waals surface area contributed by atoms with Crippen LogP contribution in [0.4, 0.5) is 0 Å². The Hall–Kier alpha value is -0.840. The lowest BCUT2D eigenvalue weighted by Crippen LogP contribution is -2.20. The average Bonchev–Trinajstić information content (AvgIpc) is 2.96. The Morgan fingerprint density at radius 1 is 1.35 bits per heavy atom. The van der Waals surface area contributed by atoms with Gasteiger partial charge in [0.1, 0.15) is 5.75 Å². The summed E-state index contributed by atoms with van der Waals surface area (Å²) in [7, 11) is 2.01. The van der Waals surface area contributed by atoms with E-state index in [1.807, 2.05) is 7.05 Å². The van der Waals surface area contributed by atoms with Crippen molar-refractivity contribution in [2.75, 3.05) is 13.7 Å². The van der Waals surface area contributed by atoms with Crippen LogP contribution >= 0.6 is 27.3 Å². The molecule has 106 valence electrons. The standard InChI is InChI=1S/C16H18BrNOS/c1-16(2)9-19-13-5-4-10(8-11(13)16)14(18-3)15-12(17)6-7-20-15/h4-8,14,18H,9H2,1-3H3. The van der Waals surface area contributed by atoms with Gasteiger partial charge in [-0.3, -0.25) is 0 Å². The van der Waals surface area contributed by atoms with E-state index < -0.39 is 0 Å². The molecular formula is C16H18BrNOS. The van der Waals surface area contributed by atoms with Crippen molar-refractivity contribution in [2.45, 2.75) is 25.3 Å². The van der Waals surface area contributed by atoms with Crippen molar-refractivity contribution in [1.82, 2.24) is 5.32 Å². The summed E-state index contributed by atoms with van der Waals surface area (Å²) >= 11 is 5.41. The Balaban J connectivity index is 2.04. The second-order valence-electron chi connectivity index (χ2n) is 5.78. The van der Waals surface area contributed by atoms with Crippen LogP contribution in [0.5, 0.6) is 5.75 Å². The third kappa shape index (κ3) is 2.30. The maximum Gasteiger partial charge on any atom is 0.123 e. The van der Waals surface area contributed by atoms with Crippen molar-refractivity contribution in [3.05, 3.63) is 50.1 Å². The van der Waals surface area contributed by atoms with Gasteiger partial charge in [-0.15, -0.1) is 11.3 Å². The molecule has 2 aromatic rings. The van der Waals surface area contributed by atoms with Gasteiger partial charge in [0.05, 0.1) is 12.6 Å². The molecule has 0 radical (unpaired) electrons. The second kappa shape index (κ2) is 5.17. The summed E-state index contributed by atoms with van der Waals surface area (Å²) in [4.78, 5) is 1.31. The van der Waals surface area contributed by atoms with Gasteiger partial charge in [-0.25, -0.2) is 0 Å². The molecule has 1 aliphatic rings. The van der Waals surface area contributed by atoms with Crippen LogP contribution in [0.3, 0.4) is 0 Å². The Morgan fingerprint density at radius 2 is 2.15 bits per heavy atom. The average molecular weight is 352 g/mol. The highest BCUT2D eigenvalue weighted by Crippen LogP contribution is 2.41. The van der Waals surface area contributed by atoms with Crippen LogP contribution in [0.1, 0.15) is 35.9 Å². The van der Waals surface area contributed by atoms with Crippen LogP contribution < -0.4 is 10.1 Å². The summed E-state index contributed by atoms with van der Waals surface area (Å²) in [5, 5.41) is 5.53. The summed E-state index contributed by atoms with van der Waals surface area (Å²) in [6.07, 6.45) is 0. The molecule has 20 heavy (non-hydrogen) atoms. The molecule has 0 saturated heterocycles. The lowest BCUT2D eigenvalue weighted by atomic mass is 9.85. The maximum atomic E-state index is 5.77. The zero-order valence-corrected chi connectivity index (χ0v) is 14.3. The summed E-state index contributed by atoms with van der Waals surface area (Å²) in [5.74, 6) is 1.03. The van der Waals surface area contributed by atoms with Gasteiger partial charge in [0.25, 0.3) is 0 Å². The quantitative estimate of drug-likeness (QED) is 0.879. The SMILES string of the molecule is CNC(c1ccc2c(c1)C(C)(C)CO2)c1sccc1Br. The van der Waals surface area contributed by atoms with Crippen molar-refractivity contribution in [3.8, 4) is 5.75 Å². The lowest BCUT2D eigenvalue weighted by molar-refractivity contribution is 0.291. The first kappa shape index (κ1) is 14.1. The monoisotopic (exact) mass is 351 g/mol. The second-order valence-corrected chi connectivity index (χ2v) is 7.58. The third-order valence-electron chi connectivity index (χ3n) is 3.85. The molecule has 0 bridgehead atoms. The van der Waals surface area contributed by atoms with Crippen LogP contribution in [0.2, 0.25) is 0 Å². The van der Waals surface area contributed by atoms with Crippen molar-refractivity contribution in [2.24, 2.45) is 0 Å². The van der Waals surface area contributed by atoms with Crippen molar-refractivity contribution in [1.29, 1.82) is 0 Å². The molecule has 0 spiro atoms. The van der Waals surface area contributed by atoms with Gasteiger partial charge in [0.2, 0.25) is 0 Å². The third-order valence-corrected chi connectivity index (χ3v) is 5.79. The van der Waals surface area contributed by atoms with Crippen molar-refractivity contribution >= 4 is 27.3 Å². The number of fused-ring (bicyclic) bond motifs is 1. The number of rotatable bonds is 3. The van der Waals surface area contributed by atoms with E-state index >= 15 is 0 Å². The van der Waals surface area contributed by atoms with Gasteiger partial charge in [-0.1, -0.05) is 19.9 Å². The molecule has 1 aromatic carbocycles. The van der Waals surface area contributed by atoms with Crippen LogP contribution in [0.25, 0.3) is 0 Å². The topological polar surface area (TPSA) is 21.3 Å². The zero-order chi connectivity index (χ0) is 14.3. The number of hydrogen-bond acceptors (Lipinski definition) is 3. The molecule has 3 rings (SSSR count). The molecule has 0 amide bonds. The van der Waals surface area contributed by atoms with Gasteiger partial charge in [-0.2, -0.15) is 0 Å². The molecule has 0 fully saturated rings. The van der Waals surface area contributed by atoms with E-state index in [-0.39, 0.29) is 11.5 Å². The fourth-order valence-electron chi connectivity index (χ4n) is 2.68. The van der Waals surface area contributed by atoms with E-state index in [2.05, 4.69) is 64.7 Å². The summed E-state index contributed by atoms with van der Waals surface area (Å²) in [6.45, 7) is 5.23. The van der Waals surface area contributed by atoms with Crippen LogP contribution in [0.15, 0.2) is 34.1 Å². The Kier molecular flexibility index (Phi) is 3.65. The number of thiophene rings is 1. The predicted molar refractivity (Wildman–Crippen MR) is 87.9 cm³/mol. The van der Waals surface area contributed by atoms with Gasteiger partial charge in [0.15, 0.2) is 0 Å². The molecule has 0 aliphatic carbocycles. The molecule has 2 nitrogen and oxygen atoms in total. The first-order valence-electron chi connectivity index (χ1n) is 6.70. The van der Waals surface area contributed by atoms with Crippen molar-refractivity contribution in [3.63, 3.8) is 0 Å². The smallest absolute Gasteiger partial charge is 0.123 e. The molecule has 1 N–H and O–H groups in total. The van der Waals surface area contributed by atoms with E-state index in [9.17, 15) is 0 Å². The van der Waals surface area contributed by atoms with Crippen LogP contribution in [-0.4, -0.2) is 13.7 Å². The Morgan fingerprint density at radius 3 is 2.80 bits per heavy atom. The predicted octanol–water partition coefficient (Wildman–Crippen LogP) is 4.49. The molecule has 1 aromatic heterocycles. The maximum absolute atomic E-state index is 5.77. The van der Waals surface area contributed by atoms with Gasteiger partial charge >= 0.3 is 0 Å². The zero-order valence-electron chi connectivity index (χ0n) is 11.9. The minimum atomic E-state index is 0.0936. The summed E-state index contributed by atoms with van der Waals surface area (Å²) in [5.41, 5.74) is 2.69. The molecule has 1 unspecified atom stereocenters. The molecule has 2 heterocycles. The van der Waals surface area contributed by atoms with Crippen LogP contribution in [0, 0.1) is 0 Å². The Bertz CT molecular complexity index is 635. The van der Waals surface area contributed by atoms with E-state index in [4.69, 9.17) is 4.74 Å². The lowest BCUT2D eigenvalue weighted by Gasteiger charge is -2.20. The van der Waals surface area contributed by atoms with Crippen molar-refractivity contribution < 1.29 is 4.74 Å². The number of nitrogens with one attached hydrogen (secondary N) is 1. The van der Waals surface area contributed by atoms with Gasteiger partial charge in [-0.05, 0) is 52.1 Å². The summed E-state index contributed by atoms with van der Waals surface area (Å²) in [6, 6.07) is 8.87. The number of ether oxygens (including phenoxy) is 1. The molecule has 1 atom stereocenters. The molecular weight excluding hydrogens is 334 g/mol. The minimum Gasteiger partial charge on any atom is -0.492 e. The Labute approximate surface area is 132 Å². The largest absolute Gasteiger partial charge is 0.492 e. The number of benzene rings is 1. The minimum absolute atomic E-state index is 0.0936. The fraction of sp³-hybridized carbons (Fsp3) is 0.375. The molecule has 0 saturated carbocycles. The number of halogens is 1. The van der Waals surface area contributed by atoms with E-state index in [0.29, 0.717) is 0 Å². The highest BCUT2D eigenvalue weighted by atomic mass is 79.9. The molecule has 4 heteroatoms. The summed E-state index contributed by atoms with van der Waals surface area (Å²) < 4.78 is 6.93. The van der Waals surface area contributed by atoms with E-state index in [1.54, 1.807) is 11.3 Å². The highest BCUT2D eigenvalue weighted by molar-refractivity contribution is 9.10. The van der Waals surface area contributed by atoms with Gasteiger partial charge in [0, 0.05) is 20.3 Å². The van der Waals surface area contributed by atoms with E-state index in [1.165, 1.54) is 16.0 Å². The highest BCUT2D eigenvalue weighted by Gasteiger charge is 2.32. The molecule has 1 aliphatic heterocycles. The first-order chi connectivity index (χ1) is 9.53.